The Hall–Kier alpha value is -0.120. The third-order valence-corrected chi connectivity index (χ3v) is 4.17. The fourth-order valence-corrected chi connectivity index (χ4v) is 3.10. The first kappa shape index (κ1) is 10.4. The highest BCUT2D eigenvalue weighted by atomic mass is 16.5. The third kappa shape index (κ3) is 1.58. The minimum atomic E-state index is -0.150. The number of quaternary nitrogens is 1. The number of ether oxygens (including phenoxy) is 1. The smallest absolute Gasteiger partial charge is 0.114 e. The zero-order valence-corrected chi connectivity index (χ0v) is 9.36. The predicted molar refractivity (Wildman–Crippen MR) is 54.2 cm³/mol. The van der Waals surface area contributed by atoms with Gasteiger partial charge in [0.25, 0.3) is 0 Å². The lowest BCUT2D eigenvalue weighted by Gasteiger charge is -2.40. The molecule has 0 spiro atoms. The Morgan fingerprint density at radius 2 is 2.00 bits per heavy atom. The second-order valence-corrected chi connectivity index (χ2v) is 5.23. The summed E-state index contributed by atoms with van der Waals surface area (Å²) in [7, 11) is 4.27. The van der Waals surface area contributed by atoms with Crippen molar-refractivity contribution in [3.63, 3.8) is 0 Å². The molecule has 5 atom stereocenters. The molecule has 1 aliphatic carbocycles. The molecule has 14 heavy (non-hydrogen) atoms. The Bertz CT molecular complexity index is 205. The quantitative estimate of drug-likeness (QED) is 0.579. The number of hydrogen-bond acceptors (Lipinski definition) is 2. The fraction of sp³-hybridized carbons (Fsp3) is 1.00. The summed E-state index contributed by atoms with van der Waals surface area (Å²) in [6.45, 7) is 3.94. The van der Waals surface area contributed by atoms with Gasteiger partial charge >= 0.3 is 0 Å². The number of rotatable bonds is 1. The Balaban J connectivity index is 2.11. The van der Waals surface area contributed by atoms with Crippen LogP contribution in [0.3, 0.4) is 0 Å². The molecular formula is C11H22NO2+. The van der Waals surface area contributed by atoms with Crippen molar-refractivity contribution in [2.24, 2.45) is 17.8 Å². The molecule has 2 fully saturated rings. The van der Waals surface area contributed by atoms with E-state index in [1.54, 1.807) is 0 Å². The highest BCUT2D eigenvalue weighted by molar-refractivity contribution is 4.92. The van der Waals surface area contributed by atoms with Gasteiger partial charge in [-0.2, -0.15) is 0 Å². The molecular weight excluding hydrogens is 178 g/mol. The Morgan fingerprint density at radius 3 is 2.64 bits per heavy atom. The number of likely N-dealkylation sites (N-methyl/N-ethyl adjacent to an activating group) is 1. The number of aliphatic hydroxyl groups excluding tert-OH is 1. The lowest BCUT2D eigenvalue weighted by Crippen LogP contribution is -3.12. The van der Waals surface area contributed by atoms with E-state index < -0.39 is 0 Å². The van der Waals surface area contributed by atoms with Gasteiger partial charge in [-0.1, -0.05) is 6.92 Å². The molecule has 2 rings (SSSR count). The summed E-state index contributed by atoms with van der Waals surface area (Å²) in [5.41, 5.74) is 0. The summed E-state index contributed by atoms with van der Waals surface area (Å²) >= 11 is 0. The van der Waals surface area contributed by atoms with Gasteiger partial charge in [-0.15, -0.1) is 0 Å². The summed E-state index contributed by atoms with van der Waals surface area (Å²) in [5, 5.41) is 10.2. The van der Waals surface area contributed by atoms with Gasteiger partial charge in [0.1, 0.15) is 12.1 Å². The van der Waals surface area contributed by atoms with Crippen molar-refractivity contribution in [3.05, 3.63) is 0 Å². The summed E-state index contributed by atoms with van der Waals surface area (Å²) in [6.07, 6.45) is 0.973. The van der Waals surface area contributed by atoms with Crippen LogP contribution < -0.4 is 4.90 Å². The van der Waals surface area contributed by atoms with E-state index in [1.807, 2.05) is 0 Å². The number of aliphatic hydroxyl groups is 1. The minimum absolute atomic E-state index is 0.150. The normalized spacial score (nSPS) is 48.2. The topological polar surface area (TPSA) is 33.9 Å². The zero-order valence-electron chi connectivity index (χ0n) is 9.36. The van der Waals surface area contributed by atoms with Crippen LogP contribution in [0, 0.1) is 17.8 Å². The molecule has 1 saturated heterocycles. The Labute approximate surface area is 86.0 Å². The van der Waals surface area contributed by atoms with E-state index in [0.29, 0.717) is 23.8 Å². The average Bonchev–Trinajstić information content (AvgIpc) is 2.58. The molecule has 3 nitrogen and oxygen atoms in total. The van der Waals surface area contributed by atoms with Gasteiger partial charge in [-0.3, -0.25) is 0 Å². The first-order valence-corrected chi connectivity index (χ1v) is 5.67. The Morgan fingerprint density at radius 1 is 1.29 bits per heavy atom. The highest BCUT2D eigenvalue weighted by Crippen LogP contribution is 2.38. The summed E-state index contributed by atoms with van der Waals surface area (Å²) < 4.78 is 5.52. The maximum atomic E-state index is 10.2. The summed E-state index contributed by atoms with van der Waals surface area (Å²) in [4.78, 5) is 1.37. The lowest BCUT2D eigenvalue weighted by molar-refractivity contribution is -0.892. The molecule has 0 unspecified atom stereocenters. The van der Waals surface area contributed by atoms with Crippen LogP contribution in [0.15, 0.2) is 0 Å². The number of hydrogen-bond donors (Lipinski definition) is 2. The molecule has 82 valence electrons. The van der Waals surface area contributed by atoms with E-state index in [-0.39, 0.29) is 6.10 Å². The molecule has 2 N–H and O–H groups in total. The van der Waals surface area contributed by atoms with Crippen molar-refractivity contribution < 1.29 is 14.7 Å². The molecule has 0 amide bonds. The first-order valence-electron chi connectivity index (χ1n) is 5.67. The molecule has 0 bridgehead atoms. The second-order valence-electron chi connectivity index (χ2n) is 5.23. The fourth-order valence-electron chi connectivity index (χ4n) is 3.10. The molecule has 1 heterocycles. The van der Waals surface area contributed by atoms with Gasteiger partial charge < -0.3 is 14.7 Å². The van der Waals surface area contributed by atoms with Crippen LogP contribution in [-0.4, -0.2) is 44.6 Å². The lowest BCUT2D eigenvalue weighted by atomic mass is 9.70. The first-order chi connectivity index (χ1) is 6.61. The molecule has 3 heteroatoms. The van der Waals surface area contributed by atoms with Gasteiger partial charge in [0.2, 0.25) is 0 Å². The monoisotopic (exact) mass is 200 g/mol. The molecule has 1 aliphatic heterocycles. The van der Waals surface area contributed by atoms with E-state index in [9.17, 15) is 5.11 Å². The van der Waals surface area contributed by atoms with Crippen LogP contribution in [0.1, 0.15) is 13.3 Å². The van der Waals surface area contributed by atoms with Gasteiger partial charge in [0.15, 0.2) is 0 Å². The van der Waals surface area contributed by atoms with E-state index in [2.05, 4.69) is 21.0 Å². The van der Waals surface area contributed by atoms with Crippen molar-refractivity contribution in [2.45, 2.75) is 25.5 Å². The van der Waals surface area contributed by atoms with E-state index in [4.69, 9.17) is 4.74 Å². The van der Waals surface area contributed by atoms with Crippen molar-refractivity contribution in [1.29, 1.82) is 0 Å². The van der Waals surface area contributed by atoms with Crippen LogP contribution in [0.25, 0.3) is 0 Å². The molecule has 0 aromatic carbocycles. The molecule has 0 aromatic heterocycles. The van der Waals surface area contributed by atoms with Crippen molar-refractivity contribution >= 4 is 0 Å². The van der Waals surface area contributed by atoms with Gasteiger partial charge in [0.05, 0.1) is 20.7 Å². The van der Waals surface area contributed by atoms with Crippen LogP contribution in [0.4, 0.5) is 0 Å². The number of nitrogens with one attached hydrogen (secondary N) is 1. The van der Waals surface area contributed by atoms with Crippen molar-refractivity contribution in [1.82, 2.24) is 0 Å². The molecule has 0 radical (unpaired) electrons. The third-order valence-electron chi connectivity index (χ3n) is 4.17. The predicted octanol–water partition coefficient (Wildman–Crippen LogP) is -0.837. The summed E-state index contributed by atoms with van der Waals surface area (Å²) in [6, 6.07) is 0.396. The molecule has 2 aliphatic rings. The van der Waals surface area contributed by atoms with Gasteiger partial charge in [0, 0.05) is 13.0 Å². The van der Waals surface area contributed by atoms with Crippen LogP contribution in [0.2, 0.25) is 0 Å². The molecule has 1 saturated carbocycles. The maximum absolute atomic E-state index is 10.2. The van der Waals surface area contributed by atoms with E-state index in [1.165, 1.54) is 4.90 Å². The van der Waals surface area contributed by atoms with E-state index in [0.717, 1.165) is 19.6 Å². The minimum Gasteiger partial charge on any atom is -0.387 e. The van der Waals surface area contributed by atoms with Crippen LogP contribution in [-0.2, 0) is 4.74 Å². The highest BCUT2D eigenvalue weighted by Gasteiger charge is 2.46. The van der Waals surface area contributed by atoms with E-state index >= 15 is 0 Å². The Kier molecular flexibility index (Phi) is 2.82. The van der Waals surface area contributed by atoms with Crippen LogP contribution in [0.5, 0.6) is 0 Å². The zero-order chi connectivity index (χ0) is 10.3. The standard InChI is InChI=1S/C11H21NO2/c1-7-9-6-14-5-8(9)4-10(11(7)13)12(2)3/h7-11,13H,4-6H2,1-3H3/p+1/t7-,8-,9+,10+,11+/m1/s1. The van der Waals surface area contributed by atoms with Gasteiger partial charge in [-0.05, 0) is 17.8 Å². The largest absolute Gasteiger partial charge is 0.387 e. The van der Waals surface area contributed by atoms with Gasteiger partial charge in [-0.25, -0.2) is 0 Å². The second kappa shape index (κ2) is 3.80. The van der Waals surface area contributed by atoms with Crippen molar-refractivity contribution in [3.8, 4) is 0 Å². The van der Waals surface area contributed by atoms with Crippen molar-refractivity contribution in [2.75, 3.05) is 27.3 Å². The van der Waals surface area contributed by atoms with Crippen LogP contribution >= 0.6 is 0 Å². The molecule has 0 aromatic rings. The number of fused-ring (bicyclic) bond motifs is 1. The average molecular weight is 200 g/mol. The maximum Gasteiger partial charge on any atom is 0.114 e. The SMILES string of the molecule is C[C@H]1[C@H](O)[C@@H]([NH+](C)C)C[C@@H]2COC[C@H]21. The summed E-state index contributed by atoms with van der Waals surface area (Å²) in [5.74, 6) is 1.69.